The maximum Gasteiger partial charge on any atom is 0.277 e. The Balaban J connectivity index is 1.25. The fraction of sp³-hybridized carbons (Fsp3) is 0.0800. The fourth-order valence-corrected chi connectivity index (χ4v) is 2.99. The number of rotatable bonds is 8. The van der Waals surface area contributed by atoms with Crippen LogP contribution in [-0.4, -0.2) is 23.7 Å². The number of H-pyrrole nitrogens is 1. The number of carbonyl (C=O) groups excluding carboxylic acids is 1. The predicted octanol–water partition coefficient (Wildman–Crippen LogP) is 3.64. The topological polar surface area (TPSA) is 92.8 Å². The average Bonchev–Trinajstić information content (AvgIpc) is 2.83. The van der Waals surface area contributed by atoms with Crippen LogP contribution in [0.25, 0.3) is 10.9 Å². The van der Waals surface area contributed by atoms with Crippen molar-refractivity contribution in [2.75, 3.05) is 6.61 Å². The third-order valence-corrected chi connectivity index (χ3v) is 4.62. The molecule has 2 N–H and O–H groups in total. The molecule has 7 nitrogen and oxygen atoms in total. The molecule has 1 aromatic heterocycles. The number of nitrogens with one attached hydrogen (secondary N) is 2. The first-order valence-electron chi connectivity index (χ1n) is 10.0. The van der Waals surface area contributed by atoms with E-state index >= 15 is 0 Å². The average molecular weight is 427 g/mol. The quantitative estimate of drug-likeness (QED) is 0.332. The number of amides is 1. The van der Waals surface area contributed by atoms with E-state index in [1.54, 1.807) is 30.3 Å². The van der Waals surface area contributed by atoms with Crippen LogP contribution in [0.4, 0.5) is 0 Å². The molecule has 0 saturated carbocycles. The van der Waals surface area contributed by atoms with Crippen LogP contribution in [0, 0.1) is 0 Å². The van der Waals surface area contributed by atoms with E-state index in [-0.39, 0.29) is 12.2 Å². The van der Waals surface area contributed by atoms with E-state index in [2.05, 4.69) is 15.5 Å². The minimum atomic E-state index is -0.442. The highest BCUT2D eigenvalue weighted by Gasteiger charge is 2.04. The van der Waals surface area contributed by atoms with Gasteiger partial charge in [0.05, 0.1) is 11.8 Å². The van der Waals surface area contributed by atoms with Crippen LogP contribution in [0.2, 0.25) is 0 Å². The summed E-state index contributed by atoms with van der Waals surface area (Å²) in [5.41, 5.74) is 4.23. The summed E-state index contributed by atoms with van der Waals surface area (Å²) in [6.45, 7) is 0.261. The van der Waals surface area contributed by atoms with Gasteiger partial charge in [0.15, 0.2) is 6.61 Å². The summed E-state index contributed by atoms with van der Waals surface area (Å²) in [6.07, 6.45) is 1.31. The third kappa shape index (κ3) is 5.60. The summed E-state index contributed by atoms with van der Waals surface area (Å²) in [5, 5.41) is 4.72. The van der Waals surface area contributed by atoms with Crippen LogP contribution in [-0.2, 0) is 11.4 Å². The number of hydrazone groups is 1. The highest BCUT2D eigenvalue weighted by Crippen LogP contribution is 2.18. The van der Waals surface area contributed by atoms with Gasteiger partial charge >= 0.3 is 0 Å². The van der Waals surface area contributed by atoms with Gasteiger partial charge in [-0.1, -0.05) is 48.5 Å². The molecule has 3 aromatic carbocycles. The maximum absolute atomic E-state index is 12.1. The Labute approximate surface area is 184 Å². The Hall–Kier alpha value is -4.39. The van der Waals surface area contributed by atoms with Crippen LogP contribution >= 0.6 is 0 Å². The number of hydrogen-bond acceptors (Lipinski definition) is 5. The van der Waals surface area contributed by atoms with E-state index in [9.17, 15) is 9.59 Å². The van der Waals surface area contributed by atoms with Crippen molar-refractivity contribution < 1.29 is 14.3 Å². The van der Waals surface area contributed by atoms with Crippen molar-refractivity contribution in [2.45, 2.75) is 6.61 Å². The zero-order valence-electron chi connectivity index (χ0n) is 17.2. The first kappa shape index (κ1) is 20.9. The number of aromatic nitrogens is 1. The van der Waals surface area contributed by atoms with E-state index in [0.717, 1.165) is 16.5 Å². The second-order valence-electron chi connectivity index (χ2n) is 6.97. The monoisotopic (exact) mass is 427 g/mol. The molecule has 0 aliphatic rings. The van der Waals surface area contributed by atoms with Gasteiger partial charge in [0.25, 0.3) is 11.5 Å². The summed E-state index contributed by atoms with van der Waals surface area (Å²) >= 11 is 0. The normalized spacial score (nSPS) is 10.9. The molecule has 0 unspecified atom stereocenters. The lowest BCUT2D eigenvalue weighted by atomic mass is 10.2. The number of hydrogen-bond donors (Lipinski definition) is 2. The lowest BCUT2D eigenvalue weighted by molar-refractivity contribution is -0.123. The Morgan fingerprint density at radius 3 is 2.38 bits per heavy atom. The van der Waals surface area contributed by atoms with Gasteiger partial charge in [-0.3, -0.25) is 9.59 Å². The molecule has 4 rings (SSSR count). The van der Waals surface area contributed by atoms with Gasteiger partial charge in [0, 0.05) is 5.52 Å². The summed E-state index contributed by atoms with van der Waals surface area (Å²) < 4.78 is 11.2. The van der Waals surface area contributed by atoms with Crippen molar-refractivity contribution in [1.82, 2.24) is 10.4 Å². The fourth-order valence-electron chi connectivity index (χ4n) is 2.99. The number of carbonyl (C=O) groups is 1. The van der Waals surface area contributed by atoms with Gasteiger partial charge in [0.1, 0.15) is 18.1 Å². The highest BCUT2D eigenvalue weighted by molar-refractivity contribution is 5.88. The van der Waals surface area contributed by atoms with E-state index in [0.29, 0.717) is 23.7 Å². The van der Waals surface area contributed by atoms with Gasteiger partial charge in [-0.15, -0.1) is 0 Å². The Morgan fingerprint density at radius 1 is 0.906 bits per heavy atom. The Kier molecular flexibility index (Phi) is 6.57. The molecule has 0 spiro atoms. The number of pyridine rings is 1. The molecule has 1 amide bonds. The number of ether oxygens (including phenoxy) is 2. The molecule has 4 aromatic rings. The second-order valence-corrected chi connectivity index (χ2v) is 6.97. The number of fused-ring (bicyclic) bond motifs is 1. The molecule has 32 heavy (non-hydrogen) atoms. The molecule has 160 valence electrons. The zero-order chi connectivity index (χ0) is 22.2. The zero-order valence-corrected chi connectivity index (χ0v) is 17.2. The lowest BCUT2D eigenvalue weighted by Gasteiger charge is -2.08. The van der Waals surface area contributed by atoms with E-state index < -0.39 is 5.91 Å². The van der Waals surface area contributed by atoms with Gasteiger partial charge in [-0.2, -0.15) is 5.10 Å². The molecule has 0 fully saturated rings. The molecule has 7 heteroatoms. The van der Waals surface area contributed by atoms with Crippen molar-refractivity contribution in [3.05, 3.63) is 106 Å². The number of para-hydroxylation sites is 1. The van der Waals surface area contributed by atoms with Crippen molar-refractivity contribution >= 4 is 23.0 Å². The first-order chi connectivity index (χ1) is 15.7. The van der Waals surface area contributed by atoms with E-state index in [1.165, 1.54) is 6.21 Å². The molecule has 0 atom stereocenters. The summed E-state index contributed by atoms with van der Waals surface area (Å²) in [7, 11) is 0. The molecule has 0 saturated heterocycles. The lowest BCUT2D eigenvalue weighted by Crippen LogP contribution is -2.25. The largest absolute Gasteiger partial charge is 0.489 e. The molecular formula is C25H21N3O4. The highest BCUT2D eigenvalue weighted by atomic mass is 16.5. The third-order valence-electron chi connectivity index (χ3n) is 4.62. The van der Waals surface area contributed by atoms with Gasteiger partial charge in [-0.05, 0) is 47.3 Å². The van der Waals surface area contributed by atoms with Crippen LogP contribution in [0.1, 0.15) is 11.1 Å². The number of nitrogens with zero attached hydrogens (tertiary/aromatic N) is 1. The smallest absolute Gasteiger partial charge is 0.277 e. The van der Waals surface area contributed by atoms with Gasteiger partial charge < -0.3 is 14.5 Å². The number of aromatic amines is 1. The standard InChI is InChI=1S/C25H21N3O4/c29-24(28-26-15-20-14-19-8-4-5-9-23(19)27-25(20)30)17-32-22-12-10-21(11-13-22)31-16-18-6-2-1-3-7-18/h1-15H,16-17H2,(H,27,30)(H,28,29). The Bertz CT molecular complexity index is 1280. The van der Waals surface area contributed by atoms with Crippen LogP contribution in [0.3, 0.4) is 0 Å². The van der Waals surface area contributed by atoms with Crippen molar-refractivity contribution in [3.63, 3.8) is 0 Å². The Morgan fingerprint density at radius 2 is 1.59 bits per heavy atom. The van der Waals surface area contributed by atoms with Gasteiger partial charge in [0.2, 0.25) is 0 Å². The number of benzene rings is 3. The molecule has 0 bridgehead atoms. The van der Waals surface area contributed by atoms with Crippen LogP contribution in [0.15, 0.2) is 94.8 Å². The SMILES string of the molecule is O=C(COc1ccc(OCc2ccccc2)cc1)NN=Cc1cc2ccccc2[nH]c1=O. The summed E-state index contributed by atoms with van der Waals surface area (Å²) in [4.78, 5) is 26.8. The summed E-state index contributed by atoms with van der Waals surface area (Å²) in [5.74, 6) is 0.792. The first-order valence-corrected chi connectivity index (χ1v) is 10.0. The second kappa shape index (κ2) is 10.1. The van der Waals surface area contributed by atoms with E-state index in [1.807, 2.05) is 54.6 Å². The summed E-state index contributed by atoms with van der Waals surface area (Å²) in [6, 6.07) is 26.0. The van der Waals surface area contributed by atoms with Crippen LogP contribution in [0.5, 0.6) is 11.5 Å². The molecule has 0 aliphatic heterocycles. The van der Waals surface area contributed by atoms with Crippen molar-refractivity contribution in [2.24, 2.45) is 5.10 Å². The van der Waals surface area contributed by atoms with E-state index in [4.69, 9.17) is 9.47 Å². The minimum absolute atomic E-state index is 0.213. The van der Waals surface area contributed by atoms with Gasteiger partial charge in [-0.25, -0.2) is 5.43 Å². The molecule has 1 heterocycles. The molecular weight excluding hydrogens is 406 g/mol. The van der Waals surface area contributed by atoms with Crippen molar-refractivity contribution in [3.8, 4) is 11.5 Å². The molecule has 0 aliphatic carbocycles. The van der Waals surface area contributed by atoms with Crippen molar-refractivity contribution in [1.29, 1.82) is 0 Å². The van der Waals surface area contributed by atoms with Crippen LogP contribution < -0.4 is 20.5 Å². The predicted molar refractivity (Wildman–Crippen MR) is 123 cm³/mol. The molecule has 0 radical (unpaired) electrons. The minimum Gasteiger partial charge on any atom is -0.489 e. The maximum atomic E-state index is 12.1.